The number of hydrogen-bond acceptors (Lipinski definition) is 2. The molecule has 0 unspecified atom stereocenters. The molecule has 0 bridgehead atoms. The maximum absolute atomic E-state index is 13.8. The molecule has 4 nitrogen and oxygen atoms in total. The number of nitrogens with one attached hydrogen (secondary N) is 2. The average molecular weight is 375 g/mol. The van der Waals surface area contributed by atoms with Crippen LogP contribution in [-0.2, 0) is 0 Å². The van der Waals surface area contributed by atoms with Gasteiger partial charge in [0.05, 0.1) is 6.21 Å². The van der Waals surface area contributed by atoms with Crippen molar-refractivity contribution >= 4 is 23.0 Å². The van der Waals surface area contributed by atoms with E-state index >= 15 is 0 Å². The summed E-state index contributed by atoms with van der Waals surface area (Å²) in [5.41, 5.74) is 5.41. The third-order valence-corrected chi connectivity index (χ3v) is 4.30. The highest BCUT2D eigenvalue weighted by Gasteiger charge is 2.19. The molecule has 0 aliphatic heterocycles. The number of benzene rings is 3. The van der Waals surface area contributed by atoms with E-state index in [9.17, 15) is 13.6 Å². The number of fused-ring (bicyclic) bond motifs is 1. The molecule has 28 heavy (non-hydrogen) atoms. The Kier molecular flexibility index (Phi) is 4.68. The molecular formula is C22H15F2N3O. The minimum absolute atomic E-state index is 0.281. The number of aromatic amines is 1. The van der Waals surface area contributed by atoms with Crippen molar-refractivity contribution in [2.24, 2.45) is 5.10 Å². The molecule has 2 N–H and O–H groups in total. The second-order valence-electron chi connectivity index (χ2n) is 6.18. The summed E-state index contributed by atoms with van der Waals surface area (Å²) in [5, 5.41) is 4.54. The molecule has 0 fully saturated rings. The lowest BCUT2D eigenvalue weighted by Gasteiger charge is -2.04. The normalized spacial score (nSPS) is 11.2. The smallest absolute Gasteiger partial charge is 0.288 e. The van der Waals surface area contributed by atoms with E-state index in [0.29, 0.717) is 22.0 Å². The van der Waals surface area contributed by atoms with E-state index in [4.69, 9.17) is 0 Å². The first kappa shape index (κ1) is 17.6. The molecule has 0 radical (unpaired) electrons. The molecule has 1 amide bonds. The fourth-order valence-corrected chi connectivity index (χ4v) is 3.01. The number of amides is 1. The summed E-state index contributed by atoms with van der Waals surface area (Å²) in [6.07, 6.45) is 1.42. The minimum Gasteiger partial charge on any atom is -0.350 e. The average Bonchev–Trinajstić information content (AvgIpc) is 3.09. The molecule has 3 aromatic carbocycles. The lowest BCUT2D eigenvalue weighted by Crippen LogP contribution is -2.18. The third-order valence-electron chi connectivity index (χ3n) is 4.30. The predicted molar refractivity (Wildman–Crippen MR) is 105 cm³/mol. The van der Waals surface area contributed by atoms with E-state index in [1.807, 2.05) is 30.3 Å². The summed E-state index contributed by atoms with van der Waals surface area (Å²) in [4.78, 5) is 15.8. The van der Waals surface area contributed by atoms with Gasteiger partial charge in [-0.1, -0.05) is 42.5 Å². The fourth-order valence-electron chi connectivity index (χ4n) is 3.01. The second-order valence-corrected chi connectivity index (χ2v) is 6.18. The van der Waals surface area contributed by atoms with Crippen LogP contribution < -0.4 is 5.43 Å². The lowest BCUT2D eigenvalue weighted by molar-refractivity contribution is 0.0951. The highest BCUT2D eigenvalue weighted by atomic mass is 19.1. The van der Waals surface area contributed by atoms with Gasteiger partial charge >= 0.3 is 0 Å². The van der Waals surface area contributed by atoms with Gasteiger partial charge in [-0.3, -0.25) is 4.79 Å². The van der Waals surface area contributed by atoms with Crippen molar-refractivity contribution in [2.75, 3.05) is 0 Å². The predicted octanol–water partition coefficient (Wildman–Crippen LogP) is 4.88. The summed E-state index contributed by atoms with van der Waals surface area (Å²) in [6, 6.07) is 19.3. The van der Waals surface area contributed by atoms with Crippen LogP contribution in [0.25, 0.3) is 22.0 Å². The van der Waals surface area contributed by atoms with E-state index < -0.39 is 5.91 Å². The molecular weight excluding hydrogens is 360 g/mol. The van der Waals surface area contributed by atoms with E-state index in [1.165, 1.54) is 30.5 Å². The van der Waals surface area contributed by atoms with Crippen molar-refractivity contribution in [3.05, 3.63) is 95.7 Å². The zero-order valence-corrected chi connectivity index (χ0v) is 14.6. The largest absolute Gasteiger partial charge is 0.350 e. The van der Waals surface area contributed by atoms with E-state index in [1.54, 1.807) is 18.2 Å². The Hall–Kier alpha value is -3.80. The SMILES string of the molecule is O=C(NN=Cc1ccc(F)cc1)c1[nH]c2ccc(F)cc2c1-c1ccccc1. The number of carbonyl (C=O) groups excluding carboxylic acids is 1. The molecule has 138 valence electrons. The highest BCUT2D eigenvalue weighted by Crippen LogP contribution is 2.32. The van der Waals surface area contributed by atoms with Crippen LogP contribution >= 0.6 is 0 Å². The molecule has 1 aromatic heterocycles. The standard InChI is InChI=1S/C22H15F2N3O/c23-16-8-6-14(7-9-16)13-25-27-22(28)21-20(15-4-2-1-3-5-15)18-12-17(24)10-11-19(18)26-21/h1-13,26H,(H,27,28). The fraction of sp³-hybridized carbons (Fsp3) is 0. The van der Waals surface area contributed by atoms with E-state index in [2.05, 4.69) is 15.5 Å². The topological polar surface area (TPSA) is 57.2 Å². The first-order chi connectivity index (χ1) is 13.6. The quantitative estimate of drug-likeness (QED) is 0.388. The molecule has 4 aromatic rings. The van der Waals surface area contributed by atoms with Gasteiger partial charge in [0.25, 0.3) is 5.91 Å². The maximum Gasteiger partial charge on any atom is 0.288 e. The second kappa shape index (κ2) is 7.44. The van der Waals surface area contributed by atoms with Crippen LogP contribution in [-0.4, -0.2) is 17.1 Å². The molecule has 0 spiro atoms. The van der Waals surface area contributed by atoms with Gasteiger partial charge in [0.15, 0.2) is 0 Å². The Balaban J connectivity index is 1.69. The number of aromatic nitrogens is 1. The van der Waals surface area contributed by atoms with Gasteiger partial charge in [-0.05, 0) is 41.5 Å². The Morgan fingerprint density at radius 3 is 2.39 bits per heavy atom. The van der Waals surface area contributed by atoms with Crippen LogP contribution in [0.15, 0.2) is 77.9 Å². The number of halogens is 2. The first-order valence-corrected chi connectivity index (χ1v) is 8.57. The number of rotatable bonds is 4. The summed E-state index contributed by atoms with van der Waals surface area (Å²) in [7, 11) is 0. The zero-order chi connectivity index (χ0) is 19.5. The number of nitrogens with zero attached hydrogens (tertiary/aromatic N) is 1. The Morgan fingerprint density at radius 2 is 1.64 bits per heavy atom. The van der Waals surface area contributed by atoms with Crippen LogP contribution in [0.3, 0.4) is 0 Å². The maximum atomic E-state index is 13.8. The number of hydrazone groups is 1. The summed E-state index contributed by atoms with van der Waals surface area (Å²) in [6.45, 7) is 0. The molecule has 0 atom stereocenters. The number of hydrogen-bond donors (Lipinski definition) is 2. The molecule has 0 aliphatic rings. The molecule has 6 heteroatoms. The van der Waals surface area contributed by atoms with E-state index in [0.717, 1.165) is 5.56 Å². The van der Waals surface area contributed by atoms with Gasteiger partial charge < -0.3 is 4.98 Å². The third kappa shape index (κ3) is 3.53. The Bertz CT molecular complexity index is 1170. The molecule has 0 saturated heterocycles. The molecule has 0 saturated carbocycles. The van der Waals surface area contributed by atoms with Crippen molar-refractivity contribution in [1.82, 2.24) is 10.4 Å². The van der Waals surface area contributed by atoms with Gasteiger partial charge in [-0.15, -0.1) is 0 Å². The van der Waals surface area contributed by atoms with Gasteiger partial charge in [0.1, 0.15) is 17.3 Å². The van der Waals surface area contributed by atoms with Crippen LogP contribution in [0, 0.1) is 11.6 Å². The van der Waals surface area contributed by atoms with Gasteiger partial charge in [0, 0.05) is 16.5 Å². The molecule has 1 heterocycles. The summed E-state index contributed by atoms with van der Waals surface area (Å²) < 4.78 is 26.7. The number of carbonyl (C=O) groups is 1. The zero-order valence-electron chi connectivity index (χ0n) is 14.6. The van der Waals surface area contributed by atoms with Crippen molar-refractivity contribution in [1.29, 1.82) is 0 Å². The van der Waals surface area contributed by atoms with Crippen LogP contribution in [0.4, 0.5) is 8.78 Å². The minimum atomic E-state index is -0.464. The van der Waals surface area contributed by atoms with Gasteiger partial charge in [-0.2, -0.15) is 5.10 Å². The number of H-pyrrole nitrogens is 1. The van der Waals surface area contributed by atoms with Crippen LogP contribution in [0.5, 0.6) is 0 Å². The Labute approximate surface area is 159 Å². The van der Waals surface area contributed by atoms with Crippen molar-refractivity contribution < 1.29 is 13.6 Å². The highest BCUT2D eigenvalue weighted by molar-refractivity contribution is 6.09. The summed E-state index contributed by atoms with van der Waals surface area (Å²) >= 11 is 0. The van der Waals surface area contributed by atoms with Crippen LogP contribution in [0.2, 0.25) is 0 Å². The monoisotopic (exact) mass is 375 g/mol. The van der Waals surface area contributed by atoms with Crippen LogP contribution in [0.1, 0.15) is 16.1 Å². The van der Waals surface area contributed by atoms with Gasteiger partial charge in [0.2, 0.25) is 0 Å². The van der Waals surface area contributed by atoms with Crippen molar-refractivity contribution in [3.63, 3.8) is 0 Å². The molecule has 4 rings (SSSR count). The lowest BCUT2D eigenvalue weighted by atomic mass is 10.0. The van der Waals surface area contributed by atoms with E-state index in [-0.39, 0.29) is 17.3 Å². The summed E-state index contributed by atoms with van der Waals surface area (Å²) in [5.74, 6) is -1.20. The first-order valence-electron chi connectivity index (χ1n) is 8.57. The van der Waals surface area contributed by atoms with Crippen molar-refractivity contribution in [3.8, 4) is 11.1 Å². The molecule has 0 aliphatic carbocycles. The Morgan fingerprint density at radius 1 is 0.929 bits per heavy atom. The van der Waals surface area contributed by atoms with Crippen molar-refractivity contribution in [2.45, 2.75) is 0 Å². The van der Waals surface area contributed by atoms with Gasteiger partial charge in [-0.25, -0.2) is 14.2 Å².